The summed E-state index contributed by atoms with van der Waals surface area (Å²) in [6, 6.07) is 12.0. The van der Waals surface area contributed by atoms with Gasteiger partial charge in [-0.3, -0.25) is 14.4 Å². The number of nitrogens with zero attached hydrogens (tertiary/aromatic N) is 1. The van der Waals surface area contributed by atoms with E-state index in [1.165, 1.54) is 24.6 Å². The van der Waals surface area contributed by atoms with Gasteiger partial charge in [0.25, 0.3) is 11.8 Å². The van der Waals surface area contributed by atoms with Crippen molar-refractivity contribution in [2.75, 3.05) is 11.9 Å². The third-order valence-corrected chi connectivity index (χ3v) is 6.25. The van der Waals surface area contributed by atoms with Gasteiger partial charge in [0.05, 0.1) is 5.56 Å². The van der Waals surface area contributed by atoms with Gasteiger partial charge in [0.1, 0.15) is 11.9 Å². The van der Waals surface area contributed by atoms with Gasteiger partial charge in [0.15, 0.2) is 0 Å². The lowest BCUT2D eigenvalue weighted by Gasteiger charge is -2.28. The lowest BCUT2D eigenvalue weighted by molar-refractivity contribution is -0.125. The molecule has 168 valence electrons. The van der Waals surface area contributed by atoms with E-state index in [1.54, 1.807) is 35.2 Å². The highest BCUT2D eigenvalue weighted by Gasteiger charge is 2.35. The van der Waals surface area contributed by atoms with Crippen molar-refractivity contribution < 1.29 is 18.8 Å². The van der Waals surface area contributed by atoms with Crippen molar-refractivity contribution in [2.45, 2.75) is 57.0 Å². The molecule has 2 aromatic carbocycles. The Morgan fingerprint density at radius 2 is 1.69 bits per heavy atom. The quantitative estimate of drug-likeness (QED) is 0.738. The maximum absolute atomic E-state index is 13.9. The largest absolute Gasteiger partial charge is 0.352 e. The minimum absolute atomic E-state index is 0.0665. The zero-order chi connectivity index (χ0) is 22.5. The predicted molar refractivity (Wildman–Crippen MR) is 120 cm³/mol. The maximum Gasteiger partial charge on any atom is 0.258 e. The second-order valence-electron chi connectivity index (χ2n) is 8.51. The van der Waals surface area contributed by atoms with Crippen molar-refractivity contribution in [3.63, 3.8) is 0 Å². The van der Waals surface area contributed by atoms with Crippen LogP contribution in [0.2, 0.25) is 0 Å². The van der Waals surface area contributed by atoms with Crippen molar-refractivity contribution in [3.05, 3.63) is 65.5 Å². The Bertz CT molecular complexity index is 1000. The van der Waals surface area contributed by atoms with Crippen LogP contribution in [-0.4, -0.2) is 41.2 Å². The van der Waals surface area contributed by atoms with E-state index in [0.29, 0.717) is 24.2 Å². The number of nitrogens with one attached hydrogen (secondary N) is 2. The number of carbonyl (C=O) groups excluding carboxylic acids is 3. The van der Waals surface area contributed by atoms with Crippen LogP contribution in [0.1, 0.15) is 65.7 Å². The minimum atomic E-state index is -0.610. The second kappa shape index (κ2) is 9.94. The molecule has 7 heteroatoms. The van der Waals surface area contributed by atoms with Crippen LogP contribution in [0.5, 0.6) is 0 Å². The maximum atomic E-state index is 13.9. The van der Waals surface area contributed by atoms with Crippen LogP contribution in [0.4, 0.5) is 10.1 Å². The van der Waals surface area contributed by atoms with Crippen molar-refractivity contribution in [2.24, 2.45) is 0 Å². The summed E-state index contributed by atoms with van der Waals surface area (Å²) < 4.78 is 13.9. The van der Waals surface area contributed by atoms with Gasteiger partial charge in [0, 0.05) is 23.8 Å². The fourth-order valence-corrected chi connectivity index (χ4v) is 4.57. The van der Waals surface area contributed by atoms with E-state index < -0.39 is 17.8 Å². The number of anilines is 1. The van der Waals surface area contributed by atoms with Crippen molar-refractivity contribution >= 4 is 23.4 Å². The van der Waals surface area contributed by atoms with E-state index in [1.807, 2.05) is 0 Å². The summed E-state index contributed by atoms with van der Waals surface area (Å²) >= 11 is 0. The van der Waals surface area contributed by atoms with E-state index in [2.05, 4.69) is 10.6 Å². The number of rotatable bonds is 5. The Morgan fingerprint density at radius 3 is 2.47 bits per heavy atom. The van der Waals surface area contributed by atoms with Crippen molar-refractivity contribution in [1.82, 2.24) is 10.2 Å². The Labute approximate surface area is 187 Å². The molecule has 3 amide bonds. The molecule has 0 radical (unpaired) electrons. The normalized spacial score (nSPS) is 18.9. The zero-order valence-electron chi connectivity index (χ0n) is 18.0. The lowest BCUT2D eigenvalue weighted by Crippen LogP contribution is -2.49. The highest BCUT2D eigenvalue weighted by molar-refractivity contribution is 6.05. The van der Waals surface area contributed by atoms with Gasteiger partial charge in [-0.25, -0.2) is 4.39 Å². The van der Waals surface area contributed by atoms with Gasteiger partial charge in [-0.05, 0) is 56.0 Å². The van der Waals surface area contributed by atoms with Crippen LogP contribution >= 0.6 is 0 Å². The summed E-state index contributed by atoms with van der Waals surface area (Å²) in [5.74, 6) is -1.51. The molecule has 6 nitrogen and oxygen atoms in total. The van der Waals surface area contributed by atoms with Gasteiger partial charge in [-0.2, -0.15) is 0 Å². The number of halogens is 1. The number of carbonyl (C=O) groups is 3. The van der Waals surface area contributed by atoms with Crippen LogP contribution in [0.3, 0.4) is 0 Å². The first-order chi connectivity index (χ1) is 15.5. The highest BCUT2D eigenvalue weighted by atomic mass is 19.1. The smallest absolute Gasteiger partial charge is 0.258 e. The zero-order valence-corrected chi connectivity index (χ0v) is 18.0. The predicted octanol–water partition coefficient (Wildman–Crippen LogP) is 4.13. The average molecular weight is 438 g/mol. The lowest BCUT2D eigenvalue weighted by atomic mass is 9.95. The molecule has 1 heterocycles. The highest BCUT2D eigenvalue weighted by Crippen LogP contribution is 2.24. The summed E-state index contributed by atoms with van der Waals surface area (Å²) in [4.78, 5) is 40.1. The van der Waals surface area contributed by atoms with Crippen LogP contribution in [0, 0.1) is 5.82 Å². The van der Waals surface area contributed by atoms with E-state index in [4.69, 9.17) is 0 Å². The van der Waals surface area contributed by atoms with Gasteiger partial charge in [0.2, 0.25) is 5.91 Å². The molecule has 4 rings (SSSR count). The molecular formula is C25H28FN3O3. The van der Waals surface area contributed by atoms with Crippen LogP contribution in [0.25, 0.3) is 0 Å². The van der Waals surface area contributed by atoms with Crippen molar-refractivity contribution in [3.8, 4) is 0 Å². The van der Waals surface area contributed by atoms with Gasteiger partial charge in [-0.15, -0.1) is 0 Å². The third kappa shape index (κ3) is 4.98. The SMILES string of the molecule is O=C(Nc1cccc(C(=O)N2CCCC2C(=O)NC2CCCCC2)c1)c1ccccc1F. The Balaban J connectivity index is 1.44. The Morgan fingerprint density at radius 1 is 0.906 bits per heavy atom. The second-order valence-corrected chi connectivity index (χ2v) is 8.51. The first-order valence-electron chi connectivity index (χ1n) is 11.3. The molecule has 0 bridgehead atoms. The van der Waals surface area contributed by atoms with E-state index in [-0.39, 0.29) is 23.4 Å². The summed E-state index contributed by atoms with van der Waals surface area (Å²) in [7, 11) is 0. The first kappa shape index (κ1) is 22.0. The fourth-order valence-electron chi connectivity index (χ4n) is 4.57. The first-order valence-corrected chi connectivity index (χ1v) is 11.3. The van der Waals surface area contributed by atoms with E-state index in [0.717, 1.165) is 32.1 Å². The molecule has 0 spiro atoms. The molecule has 2 N–H and O–H groups in total. The summed E-state index contributed by atoms with van der Waals surface area (Å²) in [5, 5.41) is 5.78. The number of hydrogen-bond donors (Lipinski definition) is 2. The van der Waals surface area contributed by atoms with Crippen molar-refractivity contribution in [1.29, 1.82) is 0 Å². The molecule has 2 fully saturated rings. The molecule has 0 aromatic heterocycles. The van der Waals surface area contributed by atoms with E-state index in [9.17, 15) is 18.8 Å². The van der Waals surface area contributed by atoms with Crippen LogP contribution < -0.4 is 10.6 Å². The van der Waals surface area contributed by atoms with Crippen LogP contribution in [0.15, 0.2) is 48.5 Å². The monoisotopic (exact) mass is 437 g/mol. The molecule has 1 unspecified atom stereocenters. The van der Waals surface area contributed by atoms with Crippen LogP contribution in [-0.2, 0) is 4.79 Å². The topological polar surface area (TPSA) is 78.5 Å². The number of likely N-dealkylation sites (tertiary alicyclic amines) is 1. The standard InChI is InChI=1S/C25H28FN3O3/c26-21-13-5-4-12-20(21)23(30)28-19-11-6-8-17(16-19)25(32)29-15-7-14-22(29)24(31)27-18-9-2-1-3-10-18/h4-6,8,11-13,16,18,22H,1-3,7,9-10,14-15H2,(H,27,31)(H,28,30). The molecule has 2 aliphatic rings. The summed E-state index contributed by atoms with van der Waals surface area (Å²) in [5.41, 5.74) is 0.712. The minimum Gasteiger partial charge on any atom is -0.352 e. The number of benzene rings is 2. The van der Waals surface area contributed by atoms with Gasteiger partial charge in [-0.1, -0.05) is 37.5 Å². The Hall–Kier alpha value is -3.22. The molecule has 2 aromatic rings. The average Bonchev–Trinajstić information content (AvgIpc) is 3.30. The molecule has 1 aliphatic carbocycles. The molecule has 1 aliphatic heterocycles. The molecule has 32 heavy (non-hydrogen) atoms. The number of hydrogen-bond acceptors (Lipinski definition) is 3. The number of amides is 3. The Kier molecular flexibility index (Phi) is 6.83. The van der Waals surface area contributed by atoms with E-state index >= 15 is 0 Å². The van der Waals surface area contributed by atoms with Gasteiger partial charge >= 0.3 is 0 Å². The third-order valence-electron chi connectivity index (χ3n) is 6.25. The summed E-state index contributed by atoms with van der Waals surface area (Å²) in [6.07, 6.45) is 6.88. The fraction of sp³-hybridized carbons (Fsp3) is 0.400. The summed E-state index contributed by atoms with van der Waals surface area (Å²) in [6.45, 7) is 0.521. The molecule has 1 saturated carbocycles. The molecule has 1 atom stereocenters. The molecule has 1 saturated heterocycles. The molecular weight excluding hydrogens is 409 g/mol. The van der Waals surface area contributed by atoms with Gasteiger partial charge < -0.3 is 15.5 Å².